The number of hydrogen-bond acceptors (Lipinski definition) is 3. The van der Waals surface area contributed by atoms with Crippen LogP contribution in [0.4, 0.5) is 0 Å². The fourth-order valence-electron chi connectivity index (χ4n) is 3.15. The molecule has 0 unspecified atom stereocenters. The summed E-state index contributed by atoms with van der Waals surface area (Å²) in [5.74, 6) is 0.217. The van der Waals surface area contributed by atoms with E-state index < -0.39 is 0 Å². The molecule has 0 bridgehead atoms. The second-order valence-electron chi connectivity index (χ2n) is 7.15. The first kappa shape index (κ1) is 22.5. The lowest BCUT2D eigenvalue weighted by Gasteiger charge is -2.26. The van der Waals surface area contributed by atoms with Crippen LogP contribution in [-0.2, 0) is 11.3 Å². The van der Waals surface area contributed by atoms with Crippen molar-refractivity contribution in [1.29, 1.82) is 0 Å². The van der Waals surface area contributed by atoms with E-state index in [9.17, 15) is 9.59 Å². The SMILES string of the molecule is CCC(N)(CC)CNC(=O)c1ccc(CNC(=O)C2CCCC2)cc1.Cl. The summed E-state index contributed by atoms with van der Waals surface area (Å²) in [7, 11) is 0. The smallest absolute Gasteiger partial charge is 0.251 e. The molecular formula is C20H32ClN3O2. The third kappa shape index (κ3) is 6.29. The lowest BCUT2D eigenvalue weighted by molar-refractivity contribution is -0.124. The van der Waals surface area contributed by atoms with Crippen molar-refractivity contribution in [2.45, 2.75) is 64.5 Å². The Morgan fingerprint density at radius 2 is 1.65 bits per heavy atom. The third-order valence-electron chi connectivity index (χ3n) is 5.42. The number of amides is 2. The minimum absolute atomic E-state index is 0. The Morgan fingerprint density at radius 1 is 1.08 bits per heavy atom. The predicted octanol–water partition coefficient (Wildman–Crippen LogP) is 3.16. The molecule has 5 nitrogen and oxygen atoms in total. The second kappa shape index (κ2) is 10.5. The number of halogens is 1. The van der Waals surface area contributed by atoms with Crippen molar-refractivity contribution in [3.8, 4) is 0 Å². The number of nitrogens with two attached hydrogens (primary N) is 1. The molecule has 1 aliphatic carbocycles. The van der Waals surface area contributed by atoms with Gasteiger partial charge in [-0.3, -0.25) is 9.59 Å². The van der Waals surface area contributed by atoms with E-state index in [-0.39, 0.29) is 35.7 Å². The van der Waals surface area contributed by atoms with Gasteiger partial charge in [-0.05, 0) is 43.4 Å². The van der Waals surface area contributed by atoms with Gasteiger partial charge in [-0.25, -0.2) is 0 Å². The maximum atomic E-state index is 12.2. The van der Waals surface area contributed by atoms with E-state index in [1.165, 1.54) is 0 Å². The number of rotatable bonds is 8. The van der Waals surface area contributed by atoms with E-state index in [2.05, 4.69) is 10.6 Å². The molecule has 1 aliphatic rings. The zero-order valence-corrected chi connectivity index (χ0v) is 16.7. The van der Waals surface area contributed by atoms with Crippen LogP contribution in [0.25, 0.3) is 0 Å². The molecule has 0 aliphatic heterocycles. The molecule has 146 valence electrons. The highest BCUT2D eigenvalue weighted by molar-refractivity contribution is 5.94. The van der Waals surface area contributed by atoms with Crippen molar-refractivity contribution in [2.24, 2.45) is 11.7 Å². The van der Waals surface area contributed by atoms with Gasteiger partial charge >= 0.3 is 0 Å². The monoisotopic (exact) mass is 381 g/mol. The van der Waals surface area contributed by atoms with Gasteiger partial charge in [0.1, 0.15) is 0 Å². The molecule has 4 N–H and O–H groups in total. The van der Waals surface area contributed by atoms with Crippen LogP contribution < -0.4 is 16.4 Å². The Morgan fingerprint density at radius 3 is 2.19 bits per heavy atom. The highest BCUT2D eigenvalue weighted by Crippen LogP contribution is 2.24. The van der Waals surface area contributed by atoms with Gasteiger partial charge in [-0.2, -0.15) is 0 Å². The Labute approximate surface area is 162 Å². The number of carbonyl (C=O) groups excluding carboxylic acids is 2. The van der Waals surface area contributed by atoms with Gasteiger partial charge in [0.2, 0.25) is 5.91 Å². The zero-order chi connectivity index (χ0) is 18.3. The standard InChI is InChI=1S/C20H31N3O2.ClH/c1-3-20(21,4-2)14-23-19(25)17-11-9-15(10-12-17)13-22-18(24)16-7-5-6-8-16;/h9-12,16H,3-8,13-14,21H2,1-2H3,(H,22,24)(H,23,25);1H. The molecule has 0 heterocycles. The first-order valence-corrected chi connectivity index (χ1v) is 9.41. The lowest BCUT2D eigenvalue weighted by Crippen LogP contribution is -2.49. The number of nitrogens with one attached hydrogen (secondary N) is 2. The van der Waals surface area contributed by atoms with Crippen LogP contribution in [0.5, 0.6) is 0 Å². The molecule has 0 aromatic heterocycles. The average Bonchev–Trinajstić information content (AvgIpc) is 3.19. The highest BCUT2D eigenvalue weighted by Gasteiger charge is 2.22. The van der Waals surface area contributed by atoms with Crippen molar-refractivity contribution in [1.82, 2.24) is 10.6 Å². The molecular weight excluding hydrogens is 350 g/mol. The quantitative estimate of drug-likeness (QED) is 0.646. The van der Waals surface area contributed by atoms with Crippen molar-refractivity contribution in [2.75, 3.05) is 6.54 Å². The van der Waals surface area contributed by atoms with Crippen molar-refractivity contribution in [3.05, 3.63) is 35.4 Å². The number of benzene rings is 1. The van der Waals surface area contributed by atoms with E-state index in [1.54, 1.807) is 12.1 Å². The van der Waals surface area contributed by atoms with Crippen LogP contribution in [-0.4, -0.2) is 23.9 Å². The Balaban J connectivity index is 0.00000338. The first-order valence-electron chi connectivity index (χ1n) is 9.41. The summed E-state index contributed by atoms with van der Waals surface area (Å²) in [5, 5.41) is 5.91. The Bertz CT molecular complexity index is 579. The molecule has 1 fully saturated rings. The maximum Gasteiger partial charge on any atom is 0.251 e. The zero-order valence-electron chi connectivity index (χ0n) is 15.8. The summed E-state index contributed by atoms with van der Waals surface area (Å²) in [6.45, 7) is 5.04. The van der Waals surface area contributed by atoms with E-state index in [0.29, 0.717) is 18.7 Å². The summed E-state index contributed by atoms with van der Waals surface area (Å²) in [5.41, 5.74) is 7.47. The molecule has 0 atom stereocenters. The number of carbonyl (C=O) groups is 2. The first-order chi connectivity index (χ1) is 12.0. The van der Waals surface area contributed by atoms with Crippen molar-refractivity contribution in [3.63, 3.8) is 0 Å². The van der Waals surface area contributed by atoms with Gasteiger partial charge in [-0.1, -0.05) is 38.8 Å². The Kier molecular flexibility index (Phi) is 9.09. The molecule has 1 aromatic rings. The molecule has 0 saturated heterocycles. The summed E-state index contributed by atoms with van der Waals surface area (Å²) in [6.07, 6.45) is 5.96. The minimum Gasteiger partial charge on any atom is -0.352 e. The summed E-state index contributed by atoms with van der Waals surface area (Å²) in [6, 6.07) is 7.36. The van der Waals surface area contributed by atoms with Crippen LogP contribution >= 0.6 is 12.4 Å². The summed E-state index contributed by atoms with van der Waals surface area (Å²) < 4.78 is 0. The fraction of sp³-hybridized carbons (Fsp3) is 0.600. The van der Waals surface area contributed by atoms with E-state index in [0.717, 1.165) is 44.1 Å². The topological polar surface area (TPSA) is 84.2 Å². The lowest BCUT2D eigenvalue weighted by atomic mass is 9.94. The molecule has 26 heavy (non-hydrogen) atoms. The van der Waals surface area contributed by atoms with Crippen molar-refractivity contribution >= 4 is 24.2 Å². The van der Waals surface area contributed by atoms with Gasteiger partial charge in [0, 0.05) is 30.1 Å². The molecule has 0 spiro atoms. The van der Waals surface area contributed by atoms with Gasteiger partial charge < -0.3 is 16.4 Å². The molecule has 1 aromatic carbocycles. The maximum absolute atomic E-state index is 12.2. The van der Waals surface area contributed by atoms with Crippen LogP contribution in [0.3, 0.4) is 0 Å². The fourth-order valence-corrected chi connectivity index (χ4v) is 3.15. The van der Waals surface area contributed by atoms with E-state index in [4.69, 9.17) is 5.73 Å². The van der Waals surface area contributed by atoms with Gasteiger partial charge in [0.15, 0.2) is 0 Å². The predicted molar refractivity (Wildman–Crippen MR) is 107 cm³/mol. The van der Waals surface area contributed by atoms with Crippen LogP contribution in [0.2, 0.25) is 0 Å². The summed E-state index contributed by atoms with van der Waals surface area (Å²) >= 11 is 0. The van der Waals surface area contributed by atoms with Gasteiger partial charge in [0.25, 0.3) is 5.91 Å². The normalized spacial score (nSPS) is 14.6. The Hall–Kier alpha value is -1.59. The second-order valence-corrected chi connectivity index (χ2v) is 7.15. The minimum atomic E-state index is -0.347. The molecule has 1 saturated carbocycles. The summed E-state index contributed by atoms with van der Waals surface area (Å²) in [4.78, 5) is 24.3. The van der Waals surface area contributed by atoms with E-state index >= 15 is 0 Å². The molecule has 2 rings (SSSR count). The third-order valence-corrected chi connectivity index (χ3v) is 5.42. The average molecular weight is 382 g/mol. The van der Waals surface area contributed by atoms with Crippen LogP contribution in [0.1, 0.15) is 68.3 Å². The molecule has 2 amide bonds. The van der Waals surface area contributed by atoms with Crippen LogP contribution in [0, 0.1) is 5.92 Å². The van der Waals surface area contributed by atoms with E-state index in [1.807, 2.05) is 26.0 Å². The highest BCUT2D eigenvalue weighted by atomic mass is 35.5. The molecule has 6 heteroatoms. The van der Waals surface area contributed by atoms with Gasteiger partial charge in [-0.15, -0.1) is 12.4 Å². The van der Waals surface area contributed by atoms with Crippen molar-refractivity contribution < 1.29 is 9.59 Å². The van der Waals surface area contributed by atoms with Gasteiger partial charge in [0.05, 0.1) is 0 Å². The number of hydrogen-bond donors (Lipinski definition) is 3. The van der Waals surface area contributed by atoms with Crippen LogP contribution in [0.15, 0.2) is 24.3 Å². The largest absolute Gasteiger partial charge is 0.352 e. The molecule has 0 radical (unpaired) electrons.